The van der Waals surface area contributed by atoms with E-state index in [1.807, 2.05) is 0 Å². The SMILES string of the molecule is O=c1ccc2nc3ccc(O)c(COOn4c(O)ccc4O)c3oc-2c1. The zero-order chi connectivity index (χ0) is 18.3. The molecule has 2 heterocycles. The molecule has 2 aromatic rings. The molecule has 0 spiro atoms. The summed E-state index contributed by atoms with van der Waals surface area (Å²) in [6.45, 7) is -0.284. The third kappa shape index (κ3) is 2.66. The predicted molar refractivity (Wildman–Crippen MR) is 87.7 cm³/mol. The molecule has 132 valence electrons. The van der Waals surface area contributed by atoms with E-state index in [0.29, 0.717) is 15.9 Å². The Kier molecular flexibility index (Phi) is 3.63. The lowest BCUT2D eigenvalue weighted by Crippen LogP contribution is -2.11. The number of nitrogens with zero attached hydrogens (tertiary/aromatic N) is 2. The standard InChI is InChI=1S/C17H12N2O7/c20-9-1-2-11-14(7-9)25-17-10(13(21)4-3-12(17)18-11)8-24-26-19-15(22)5-6-16(19)23/h1-7,21-23H,8H2. The first-order valence-corrected chi connectivity index (χ1v) is 7.48. The molecule has 0 radical (unpaired) electrons. The van der Waals surface area contributed by atoms with Gasteiger partial charge in [0.1, 0.15) is 23.6 Å². The van der Waals surface area contributed by atoms with E-state index in [9.17, 15) is 20.1 Å². The van der Waals surface area contributed by atoms with Crippen LogP contribution in [0.4, 0.5) is 0 Å². The van der Waals surface area contributed by atoms with Crippen LogP contribution in [0.1, 0.15) is 5.56 Å². The van der Waals surface area contributed by atoms with E-state index < -0.39 is 0 Å². The van der Waals surface area contributed by atoms with Gasteiger partial charge in [0, 0.05) is 18.2 Å². The Labute approximate surface area is 145 Å². The molecular weight excluding hydrogens is 344 g/mol. The van der Waals surface area contributed by atoms with Crippen LogP contribution in [0.15, 0.2) is 51.7 Å². The lowest BCUT2D eigenvalue weighted by atomic mass is 10.1. The van der Waals surface area contributed by atoms with E-state index in [-0.39, 0.29) is 46.5 Å². The molecule has 0 fully saturated rings. The van der Waals surface area contributed by atoms with Gasteiger partial charge in [-0.3, -0.25) is 4.79 Å². The minimum atomic E-state index is -0.370. The maximum Gasteiger partial charge on any atom is 0.233 e. The van der Waals surface area contributed by atoms with Crippen LogP contribution in [0.3, 0.4) is 0 Å². The molecule has 1 aliphatic carbocycles. The fraction of sp³-hybridized carbons (Fsp3) is 0.0588. The van der Waals surface area contributed by atoms with E-state index >= 15 is 0 Å². The number of hydrogen-bond donors (Lipinski definition) is 3. The Bertz CT molecular complexity index is 1110. The van der Waals surface area contributed by atoms with Crippen LogP contribution in [0.2, 0.25) is 0 Å². The van der Waals surface area contributed by atoms with Crippen LogP contribution in [-0.4, -0.2) is 25.0 Å². The molecule has 9 nitrogen and oxygen atoms in total. The summed E-state index contributed by atoms with van der Waals surface area (Å²) in [5, 5.41) is 29.1. The number of benzene rings is 2. The first kappa shape index (κ1) is 15.8. The largest absolute Gasteiger partial charge is 0.507 e. The summed E-state index contributed by atoms with van der Waals surface area (Å²) in [5.41, 5.74) is 1.14. The van der Waals surface area contributed by atoms with Gasteiger partial charge in [-0.2, -0.15) is 4.89 Å². The van der Waals surface area contributed by atoms with Crippen molar-refractivity contribution in [3.05, 3.63) is 58.3 Å². The maximum atomic E-state index is 11.5. The second-order valence-corrected chi connectivity index (χ2v) is 5.44. The molecule has 0 saturated heterocycles. The molecule has 0 unspecified atom stereocenters. The molecule has 26 heavy (non-hydrogen) atoms. The lowest BCUT2D eigenvalue weighted by molar-refractivity contribution is -0.306. The maximum absolute atomic E-state index is 11.5. The van der Waals surface area contributed by atoms with E-state index in [0.717, 1.165) is 0 Å². The van der Waals surface area contributed by atoms with Crippen molar-refractivity contribution in [2.45, 2.75) is 6.61 Å². The summed E-state index contributed by atoms with van der Waals surface area (Å²) in [4.78, 5) is 25.7. The highest BCUT2D eigenvalue weighted by molar-refractivity contribution is 5.81. The van der Waals surface area contributed by atoms with Crippen molar-refractivity contribution in [1.82, 2.24) is 9.71 Å². The van der Waals surface area contributed by atoms with Crippen molar-refractivity contribution in [2.75, 3.05) is 0 Å². The molecule has 3 N–H and O–H groups in total. The fourth-order valence-corrected chi connectivity index (χ4v) is 2.47. The molecule has 1 aliphatic heterocycles. The zero-order valence-electron chi connectivity index (χ0n) is 13.1. The van der Waals surface area contributed by atoms with E-state index in [1.165, 1.54) is 30.3 Å². The zero-order valence-corrected chi connectivity index (χ0v) is 13.1. The van der Waals surface area contributed by atoms with Crippen molar-refractivity contribution >= 4 is 11.1 Å². The number of aromatic hydroxyl groups is 3. The van der Waals surface area contributed by atoms with Gasteiger partial charge in [-0.1, -0.05) is 4.73 Å². The van der Waals surface area contributed by atoms with Gasteiger partial charge in [0.05, 0.1) is 5.56 Å². The molecule has 0 saturated carbocycles. The number of phenols is 1. The smallest absolute Gasteiger partial charge is 0.233 e. The molecule has 1 aromatic heterocycles. The van der Waals surface area contributed by atoms with Crippen molar-refractivity contribution in [1.29, 1.82) is 0 Å². The van der Waals surface area contributed by atoms with Crippen LogP contribution in [-0.2, 0) is 11.5 Å². The normalized spacial score (nSPS) is 11.2. The number of phenolic OH excluding ortho intramolecular Hbond substituents is 1. The molecule has 1 aromatic carbocycles. The summed E-state index contributed by atoms with van der Waals surface area (Å²) in [5.74, 6) is -0.612. The number of hydrogen-bond acceptors (Lipinski definition) is 8. The highest BCUT2D eigenvalue weighted by atomic mass is 17.3. The van der Waals surface area contributed by atoms with Crippen LogP contribution in [0.25, 0.3) is 22.6 Å². The van der Waals surface area contributed by atoms with E-state index in [1.54, 1.807) is 12.1 Å². The minimum Gasteiger partial charge on any atom is -0.507 e. The summed E-state index contributed by atoms with van der Waals surface area (Å²) >= 11 is 0. The van der Waals surface area contributed by atoms with E-state index in [4.69, 9.17) is 14.3 Å². The highest BCUT2D eigenvalue weighted by Gasteiger charge is 2.16. The summed E-state index contributed by atoms with van der Waals surface area (Å²) in [6.07, 6.45) is 0. The average Bonchev–Trinajstić information content (AvgIpc) is 2.94. The second kappa shape index (κ2) is 5.97. The number of aromatic nitrogens is 2. The number of fused-ring (bicyclic) bond motifs is 2. The lowest BCUT2D eigenvalue weighted by Gasteiger charge is -2.11. The highest BCUT2D eigenvalue weighted by Crippen LogP contribution is 2.31. The van der Waals surface area contributed by atoms with Crippen molar-refractivity contribution in [2.24, 2.45) is 0 Å². The Morgan fingerprint density at radius 1 is 1.04 bits per heavy atom. The monoisotopic (exact) mass is 356 g/mol. The van der Waals surface area contributed by atoms with Crippen LogP contribution in [0, 0.1) is 0 Å². The molecule has 0 amide bonds. The average molecular weight is 356 g/mol. The molecule has 9 heteroatoms. The van der Waals surface area contributed by atoms with Gasteiger partial charge in [0.25, 0.3) is 0 Å². The van der Waals surface area contributed by atoms with Crippen LogP contribution >= 0.6 is 0 Å². The van der Waals surface area contributed by atoms with E-state index in [2.05, 4.69) is 4.98 Å². The third-order valence-electron chi connectivity index (χ3n) is 3.73. The van der Waals surface area contributed by atoms with Crippen molar-refractivity contribution < 1.29 is 29.6 Å². The van der Waals surface area contributed by atoms with Gasteiger partial charge in [-0.05, 0) is 24.3 Å². The van der Waals surface area contributed by atoms with Gasteiger partial charge in [-0.15, -0.1) is 0 Å². The van der Waals surface area contributed by atoms with Crippen LogP contribution in [0.5, 0.6) is 17.5 Å². The van der Waals surface area contributed by atoms with Gasteiger partial charge in [-0.25, -0.2) is 9.97 Å². The predicted octanol–water partition coefficient (Wildman–Crippen LogP) is 1.77. The first-order valence-electron chi connectivity index (χ1n) is 7.48. The minimum absolute atomic E-state index is 0.134. The Balaban J connectivity index is 1.70. The topological polar surface area (TPSA) is 127 Å². The van der Waals surface area contributed by atoms with Crippen molar-refractivity contribution in [3.63, 3.8) is 0 Å². The molecule has 2 aliphatic rings. The Morgan fingerprint density at radius 2 is 1.81 bits per heavy atom. The molecule has 4 rings (SSSR count). The Morgan fingerprint density at radius 3 is 2.58 bits per heavy atom. The van der Waals surface area contributed by atoms with Gasteiger partial charge in [0.2, 0.25) is 11.8 Å². The van der Waals surface area contributed by atoms with Gasteiger partial charge in [0.15, 0.2) is 16.8 Å². The molecule has 0 atom stereocenters. The molecular formula is C17H12N2O7. The Hall–Kier alpha value is -3.72. The first-order chi connectivity index (χ1) is 12.5. The summed E-state index contributed by atoms with van der Waals surface area (Å²) in [7, 11) is 0. The second-order valence-electron chi connectivity index (χ2n) is 5.44. The summed E-state index contributed by atoms with van der Waals surface area (Å²) in [6, 6.07) is 9.62. The number of rotatable bonds is 4. The quantitative estimate of drug-likeness (QED) is 0.287. The van der Waals surface area contributed by atoms with Crippen molar-refractivity contribution in [3.8, 4) is 29.0 Å². The fourth-order valence-electron chi connectivity index (χ4n) is 2.47. The van der Waals surface area contributed by atoms with Gasteiger partial charge < -0.3 is 19.7 Å². The molecule has 0 bridgehead atoms. The van der Waals surface area contributed by atoms with Crippen LogP contribution < -0.4 is 10.4 Å². The third-order valence-corrected chi connectivity index (χ3v) is 3.73. The summed E-state index contributed by atoms with van der Waals surface area (Å²) < 4.78 is 6.36. The van der Waals surface area contributed by atoms with Gasteiger partial charge >= 0.3 is 0 Å².